The molecule has 1 N–H and O–H groups in total. The Kier molecular flexibility index (Phi) is 4.49. The first-order valence-corrected chi connectivity index (χ1v) is 6.79. The minimum atomic E-state index is -1.14. The molecule has 1 aromatic heterocycles. The monoisotopic (exact) mass is 303 g/mol. The second kappa shape index (κ2) is 6.31. The average Bonchev–Trinajstić information content (AvgIpc) is 2.80. The van der Waals surface area contributed by atoms with E-state index >= 15 is 0 Å². The third-order valence-corrected chi connectivity index (χ3v) is 4.11. The quantitative estimate of drug-likeness (QED) is 0.858. The van der Waals surface area contributed by atoms with Crippen molar-refractivity contribution in [2.24, 2.45) is 0 Å². The van der Waals surface area contributed by atoms with E-state index in [9.17, 15) is 14.3 Å². The van der Waals surface area contributed by atoms with Gasteiger partial charge < -0.3 is 5.11 Å². The lowest BCUT2D eigenvalue weighted by Crippen LogP contribution is -2.24. The molecule has 0 bridgehead atoms. The summed E-state index contributed by atoms with van der Waals surface area (Å²) < 4.78 is 14.5. The third kappa shape index (κ3) is 3.00. The normalized spacial score (nSPS) is 10.5. The minimum Gasteiger partial charge on any atom is -0.477 e. The molecule has 5 nitrogen and oxygen atoms in total. The smallest absolute Gasteiger partial charge is 0.346 e. The molecule has 1 aromatic carbocycles. The number of carbonyl (C=O) groups is 1. The first-order valence-electron chi connectivity index (χ1n) is 5.98. The largest absolute Gasteiger partial charge is 0.477 e. The van der Waals surface area contributed by atoms with Gasteiger partial charge in [-0.15, -0.1) is 11.3 Å². The number of carboxylic acids is 1. The molecule has 2 rings (SSSR count). The maximum absolute atomic E-state index is 14.0. The zero-order valence-corrected chi connectivity index (χ0v) is 11.7. The molecule has 0 saturated heterocycles. The molecule has 1 heterocycles. The van der Waals surface area contributed by atoms with Gasteiger partial charge in [-0.2, -0.15) is 10.5 Å². The van der Waals surface area contributed by atoms with E-state index in [0.717, 1.165) is 11.3 Å². The maximum Gasteiger partial charge on any atom is 0.346 e. The second-order valence-corrected chi connectivity index (χ2v) is 5.34. The predicted molar refractivity (Wildman–Crippen MR) is 75.2 cm³/mol. The van der Waals surface area contributed by atoms with E-state index in [4.69, 9.17) is 10.5 Å². The van der Waals surface area contributed by atoms with Crippen molar-refractivity contribution in [3.8, 4) is 12.1 Å². The summed E-state index contributed by atoms with van der Waals surface area (Å²) in [5.74, 6) is -1.64. The van der Waals surface area contributed by atoms with Gasteiger partial charge in [-0.25, -0.2) is 9.18 Å². The zero-order valence-electron chi connectivity index (χ0n) is 10.8. The van der Waals surface area contributed by atoms with Crippen molar-refractivity contribution in [1.29, 1.82) is 10.5 Å². The number of thiophene rings is 1. The number of carboxylic acid groups (broad SMARTS) is 1. The summed E-state index contributed by atoms with van der Waals surface area (Å²) in [5.41, 5.74) is 0.311. The Morgan fingerprint density at radius 2 is 2.00 bits per heavy atom. The highest BCUT2D eigenvalue weighted by Crippen LogP contribution is 2.34. The zero-order chi connectivity index (χ0) is 15.4. The molecule has 0 fully saturated rings. The van der Waals surface area contributed by atoms with Crippen LogP contribution >= 0.6 is 11.3 Å². The second-order valence-electron chi connectivity index (χ2n) is 4.29. The number of benzene rings is 1. The molecule has 106 valence electrons. The van der Waals surface area contributed by atoms with Crippen LogP contribution in [0.5, 0.6) is 0 Å². The fourth-order valence-corrected chi connectivity index (χ4v) is 3.15. The molecule has 0 atom stereocenters. The van der Waals surface area contributed by atoms with Crippen molar-refractivity contribution in [2.75, 3.05) is 13.1 Å². The van der Waals surface area contributed by atoms with Gasteiger partial charge in [0.15, 0.2) is 0 Å². The van der Waals surface area contributed by atoms with Crippen molar-refractivity contribution in [1.82, 2.24) is 4.90 Å². The molecule has 7 heteroatoms. The van der Waals surface area contributed by atoms with Gasteiger partial charge in [-0.3, -0.25) is 4.90 Å². The summed E-state index contributed by atoms with van der Waals surface area (Å²) >= 11 is 0.992. The fraction of sp³-hybridized carbons (Fsp3) is 0.214. The molecule has 2 aromatic rings. The lowest BCUT2D eigenvalue weighted by atomic mass is 10.1. The molecule has 0 spiro atoms. The molecular formula is C14H10FN3O2S. The van der Waals surface area contributed by atoms with Crippen LogP contribution in [0.1, 0.15) is 15.2 Å². The van der Waals surface area contributed by atoms with Crippen LogP contribution in [0.15, 0.2) is 18.2 Å². The van der Waals surface area contributed by atoms with Gasteiger partial charge in [-0.05, 0) is 12.1 Å². The number of hydrogen-bond donors (Lipinski definition) is 1. The van der Waals surface area contributed by atoms with Gasteiger partial charge >= 0.3 is 5.97 Å². The number of nitriles is 2. The van der Waals surface area contributed by atoms with Gasteiger partial charge in [0.2, 0.25) is 0 Å². The SMILES string of the molecule is N#CCN(CC#N)Cc1c(C(=O)O)sc2cccc(F)c12. The summed E-state index contributed by atoms with van der Waals surface area (Å²) in [6.45, 7) is -0.0134. The molecule has 0 aliphatic heterocycles. The number of nitrogens with zero attached hydrogens (tertiary/aromatic N) is 3. The Morgan fingerprint density at radius 1 is 1.33 bits per heavy atom. The Labute approximate surface area is 124 Å². The van der Waals surface area contributed by atoms with Crippen molar-refractivity contribution in [3.63, 3.8) is 0 Å². The molecule has 0 amide bonds. The lowest BCUT2D eigenvalue weighted by molar-refractivity contribution is 0.0700. The molecule has 0 unspecified atom stereocenters. The van der Waals surface area contributed by atoms with Crippen molar-refractivity contribution < 1.29 is 14.3 Å². The summed E-state index contributed by atoms with van der Waals surface area (Å²) in [4.78, 5) is 12.8. The first kappa shape index (κ1) is 14.9. The van der Waals surface area contributed by atoms with Crippen LogP contribution in [0.25, 0.3) is 10.1 Å². The van der Waals surface area contributed by atoms with Gasteiger partial charge in [0.1, 0.15) is 10.7 Å². The summed E-state index contributed by atoms with van der Waals surface area (Å²) in [6.07, 6.45) is 0. The van der Waals surface area contributed by atoms with E-state index in [2.05, 4.69) is 0 Å². The maximum atomic E-state index is 14.0. The number of hydrogen-bond acceptors (Lipinski definition) is 5. The third-order valence-electron chi connectivity index (χ3n) is 2.93. The van der Waals surface area contributed by atoms with E-state index in [1.165, 1.54) is 17.0 Å². The van der Waals surface area contributed by atoms with Crippen LogP contribution in [0.4, 0.5) is 4.39 Å². The Hall–Kier alpha value is -2.48. The Bertz CT molecular complexity index is 757. The number of fused-ring (bicyclic) bond motifs is 1. The summed E-state index contributed by atoms with van der Waals surface area (Å²) in [7, 11) is 0. The first-order chi connectivity index (χ1) is 10.1. The molecule has 0 saturated carbocycles. The van der Waals surface area contributed by atoms with Crippen LogP contribution in [0.2, 0.25) is 0 Å². The number of halogens is 1. The van der Waals surface area contributed by atoms with Crippen LogP contribution in [-0.2, 0) is 6.54 Å². The summed E-state index contributed by atoms with van der Waals surface area (Å²) in [6, 6.07) is 8.26. The average molecular weight is 303 g/mol. The van der Waals surface area contributed by atoms with E-state index < -0.39 is 11.8 Å². The van der Waals surface area contributed by atoms with Gasteiger partial charge in [-0.1, -0.05) is 6.07 Å². The lowest BCUT2D eigenvalue weighted by Gasteiger charge is -2.15. The highest BCUT2D eigenvalue weighted by atomic mass is 32.1. The van der Waals surface area contributed by atoms with Crippen LogP contribution in [-0.4, -0.2) is 29.1 Å². The van der Waals surface area contributed by atoms with Crippen molar-refractivity contribution in [2.45, 2.75) is 6.54 Å². The molecule has 0 aliphatic rings. The standard InChI is InChI=1S/C14H10FN3O2S/c15-10-2-1-3-11-12(10)9(13(21-11)14(19)20)8-18(6-4-16)7-5-17/h1-3H,6-8H2,(H,19,20). The minimum absolute atomic E-state index is 0.0294. The number of aromatic carboxylic acids is 1. The fourth-order valence-electron chi connectivity index (χ4n) is 2.08. The molecular weight excluding hydrogens is 293 g/mol. The number of rotatable bonds is 5. The van der Waals surface area contributed by atoms with Crippen molar-refractivity contribution in [3.05, 3.63) is 34.5 Å². The molecule has 0 radical (unpaired) electrons. The Morgan fingerprint density at radius 3 is 2.57 bits per heavy atom. The van der Waals surface area contributed by atoms with Gasteiger partial charge in [0.25, 0.3) is 0 Å². The van der Waals surface area contributed by atoms with Crippen LogP contribution in [0, 0.1) is 28.5 Å². The van der Waals surface area contributed by atoms with Crippen LogP contribution in [0.3, 0.4) is 0 Å². The van der Waals surface area contributed by atoms with Gasteiger partial charge in [0.05, 0.1) is 25.2 Å². The van der Waals surface area contributed by atoms with Gasteiger partial charge in [0, 0.05) is 22.2 Å². The topological polar surface area (TPSA) is 88.1 Å². The van der Waals surface area contributed by atoms with Crippen LogP contribution < -0.4 is 0 Å². The van der Waals surface area contributed by atoms with E-state index in [1.807, 2.05) is 12.1 Å². The van der Waals surface area contributed by atoms with E-state index in [0.29, 0.717) is 10.3 Å². The van der Waals surface area contributed by atoms with E-state index in [1.54, 1.807) is 6.07 Å². The highest BCUT2D eigenvalue weighted by Gasteiger charge is 2.22. The molecule has 21 heavy (non-hydrogen) atoms. The summed E-state index contributed by atoms with van der Waals surface area (Å²) in [5, 5.41) is 27.0. The van der Waals surface area contributed by atoms with Crippen molar-refractivity contribution >= 4 is 27.4 Å². The predicted octanol–water partition coefficient (Wildman–Crippen LogP) is 2.59. The molecule has 0 aliphatic carbocycles. The van der Waals surface area contributed by atoms with E-state index in [-0.39, 0.29) is 29.9 Å². The Balaban J connectivity index is 2.55. The highest BCUT2D eigenvalue weighted by molar-refractivity contribution is 7.21.